The molecular formula is C17H16F3N3O4. The molecule has 0 fully saturated rings. The van der Waals surface area contributed by atoms with E-state index in [1.165, 1.54) is 0 Å². The van der Waals surface area contributed by atoms with Crippen molar-refractivity contribution in [3.05, 3.63) is 65.2 Å². The third-order valence-electron chi connectivity index (χ3n) is 3.11. The standard InChI is InChI=1S/C15H15N3O2.C2HF3O2/c16-14(17)11-4-6-13(7-5-11)18-9-10-2-1-3-12(8-10)15(19)20;3-2(4,5)1(6)7/h1-8,18H,9H2,(H3,16,17)(H,19,20);(H,6,7). The summed E-state index contributed by atoms with van der Waals surface area (Å²) >= 11 is 0. The van der Waals surface area contributed by atoms with Crippen LogP contribution in [0.15, 0.2) is 48.5 Å². The van der Waals surface area contributed by atoms with Crippen LogP contribution in [0.25, 0.3) is 0 Å². The van der Waals surface area contributed by atoms with Crippen LogP contribution in [0, 0.1) is 5.41 Å². The van der Waals surface area contributed by atoms with Crippen LogP contribution in [-0.2, 0) is 11.3 Å². The minimum atomic E-state index is -5.08. The maximum atomic E-state index is 10.9. The van der Waals surface area contributed by atoms with Gasteiger partial charge >= 0.3 is 18.1 Å². The molecular weight excluding hydrogens is 367 g/mol. The van der Waals surface area contributed by atoms with Gasteiger partial charge in [-0.1, -0.05) is 12.1 Å². The number of amidine groups is 1. The van der Waals surface area contributed by atoms with E-state index in [2.05, 4.69) is 5.32 Å². The Bertz CT molecular complexity index is 821. The number of hydrogen-bond donors (Lipinski definition) is 5. The van der Waals surface area contributed by atoms with Crippen molar-refractivity contribution in [3.63, 3.8) is 0 Å². The topological polar surface area (TPSA) is 136 Å². The van der Waals surface area contributed by atoms with E-state index >= 15 is 0 Å². The quantitative estimate of drug-likeness (QED) is 0.398. The van der Waals surface area contributed by atoms with Crippen molar-refractivity contribution in [1.29, 1.82) is 5.41 Å². The molecule has 0 aliphatic heterocycles. The number of aliphatic carboxylic acids is 1. The van der Waals surface area contributed by atoms with Crippen molar-refractivity contribution < 1.29 is 33.0 Å². The Morgan fingerprint density at radius 3 is 2.04 bits per heavy atom. The summed E-state index contributed by atoms with van der Waals surface area (Å²) in [5, 5.41) is 26.5. The van der Waals surface area contributed by atoms with E-state index in [0.717, 1.165) is 11.3 Å². The maximum Gasteiger partial charge on any atom is 0.490 e. The summed E-state index contributed by atoms with van der Waals surface area (Å²) in [6.45, 7) is 0.528. The molecule has 0 spiro atoms. The van der Waals surface area contributed by atoms with E-state index in [0.29, 0.717) is 12.1 Å². The third kappa shape index (κ3) is 7.46. The fourth-order valence-electron chi connectivity index (χ4n) is 1.79. The van der Waals surface area contributed by atoms with Crippen LogP contribution in [0.1, 0.15) is 21.5 Å². The van der Waals surface area contributed by atoms with Crippen molar-refractivity contribution in [1.82, 2.24) is 0 Å². The van der Waals surface area contributed by atoms with Crippen molar-refractivity contribution in [2.75, 3.05) is 5.32 Å². The summed E-state index contributed by atoms with van der Waals surface area (Å²) in [6.07, 6.45) is -5.08. The number of carbonyl (C=O) groups is 2. The lowest BCUT2D eigenvalue weighted by molar-refractivity contribution is -0.192. The van der Waals surface area contributed by atoms with Gasteiger partial charge in [0.15, 0.2) is 0 Å². The molecule has 6 N–H and O–H groups in total. The number of nitrogens with two attached hydrogens (primary N) is 1. The van der Waals surface area contributed by atoms with Gasteiger partial charge in [-0.15, -0.1) is 0 Å². The molecule has 0 atom stereocenters. The Morgan fingerprint density at radius 2 is 1.59 bits per heavy atom. The lowest BCUT2D eigenvalue weighted by atomic mass is 10.1. The fourth-order valence-corrected chi connectivity index (χ4v) is 1.79. The summed E-state index contributed by atoms with van der Waals surface area (Å²) in [4.78, 5) is 19.8. The molecule has 2 aromatic carbocycles. The number of hydrogen-bond acceptors (Lipinski definition) is 4. The number of anilines is 1. The largest absolute Gasteiger partial charge is 0.490 e. The Balaban J connectivity index is 0.000000445. The highest BCUT2D eigenvalue weighted by Crippen LogP contribution is 2.13. The van der Waals surface area contributed by atoms with Gasteiger partial charge in [0.05, 0.1) is 5.56 Å². The molecule has 0 bridgehead atoms. The van der Waals surface area contributed by atoms with Crippen LogP contribution in [0.4, 0.5) is 18.9 Å². The zero-order chi connectivity index (χ0) is 20.6. The van der Waals surface area contributed by atoms with E-state index in [1.54, 1.807) is 30.3 Å². The highest BCUT2D eigenvalue weighted by molar-refractivity contribution is 5.95. The molecule has 0 aromatic heterocycles. The van der Waals surface area contributed by atoms with Gasteiger partial charge in [-0.05, 0) is 42.0 Å². The van der Waals surface area contributed by atoms with Crippen LogP contribution >= 0.6 is 0 Å². The Morgan fingerprint density at radius 1 is 1.04 bits per heavy atom. The van der Waals surface area contributed by atoms with E-state index in [9.17, 15) is 18.0 Å². The van der Waals surface area contributed by atoms with Gasteiger partial charge in [-0.25, -0.2) is 9.59 Å². The highest BCUT2D eigenvalue weighted by Gasteiger charge is 2.38. The van der Waals surface area contributed by atoms with Gasteiger partial charge in [-0.3, -0.25) is 5.41 Å². The van der Waals surface area contributed by atoms with E-state index in [4.69, 9.17) is 26.2 Å². The highest BCUT2D eigenvalue weighted by atomic mass is 19.4. The predicted octanol–water partition coefficient (Wildman–Crippen LogP) is 2.91. The SMILES string of the molecule is N=C(N)c1ccc(NCc2cccc(C(=O)O)c2)cc1.O=C(O)C(F)(F)F. The molecule has 2 rings (SSSR count). The van der Waals surface area contributed by atoms with Crippen LogP contribution in [-0.4, -0.2) is 34.2 Å². The molecule has 0 unspecified atom stereocenters. The number of halogens is 3. The molecule has 10 heteroatoms. The first-order chi connectivity index (χ1) is 12.5. The van der Waals surface area contributed by atoms with E-state index in [-0.39, 0.29) is 11.4 Å². The zero-order valence-corrected chi connectivity index (χ0v) is 13.7. The minimum absolute atomic E-state index is 0.0331. The maximum absolute atomic E-state index is 10.9. The van der Waals surface area contributed by atoms with Crippen molar-refractivity contribution in [2.45, 2.75) is 12.7 Å². The molecule has 0 aliphatic rings. The molecule has 7 nitrogen and oxygen atoms in total. The average Bonchev–Trinajstić information content (AvgIpc) is 2.60. The van der Waals surface area contributed by atoms with Crippen molar-refractivity contribution in [3.8, 4) is 0 Å². The lowest BCUT2D eigenvalue weighted by Gasteiger charge is -2.08. The summed E-state index contributed by atoms with van der Waals surface area (Å²) < 4.78 is 31.7. The zero-order valence-electron chi connectivity index (χ0n) is 13.7. The monoisotopic (exact) mass is 383 g/mol. The summed E-state index contributed by atoms with van der Waals surface area (Å²) in [5.74, 6) is -3.66. The molecule has 0 radical (unpaired) electrons. The second-order valence-corrected chi connectivity index (χ2v) is 5.15. The number of carboxylic acids is 2. The Hall–Kier alpha value is -3.56. The molecule has 0 saturated heterocycles. The van der Waals surface area contributed by atoms with E-state index in [1.807, 2.05) is 18.2 Å². The summed E-state index contributed by atoms with van der Waals surface area (Å²) in [5.41, 5.74) is 8.10. The van der Waals surface area contributed by atoms with Gasteiger partial charge in [0.25, 0.3) is 0 Å². The molecule has 144 valence electrons. The van der Waals surface area contributed by atoms with Gasteiger partial charge in [-0.2, -0.15) is 13.2 Å². The molecule has 0 heterocycles. The smallest absolute Gasteiger partial charge is 0.478 e. The molecule has 27 heavy (non-hydrogen) atoms. The second-order valence-electron chi connectivity index (χ2n) is 5.15. The Labute approximate surface area is 151 Å². The minimum Gasteiger partial charge on any atom is -0.478 e. The van der Waals surface area contributed by atoms with Crippen LogP contribution in [0.5, 0.6) is 0 Å². The number of benzene rings is 2. The normalized spacial score (nSPS) is 10.3. The second kappa shape index (κ2) is 9.22. The first-order valence-corrected chi connectivity index (χ1v) is 7.31. The summed E-state index contributed by atoms with van der Waals surface area (Å²) in [7, 11) is 0. The molecule has 0 aliphatic carbocycles. The van der Waals surface area contributed by atoms with E-state index < -0.39 is 18.1 Å². The van der Waals surface area contributed by atoms with Crippen LogP contribution in [0.3, 0.4) is 0 Å². The first-order valence-electron chi connectivity index (χ1n) is 7.31. The lowest BCUT2D eigenvalue weighted by Crippen LogP contribution is -2.21. The van der Waals surface area contributed by atoms with Crippen LogP contribution < -0.4 is 11.1 Å². The number of rotatable bonds is 5. The number of carboxylic acid groups (broad SMARTS) is 2. The first kappa shape index (κ1) is 21.5. The fraction of sp³-hybridized carbons (Fsp3) is 0.118. The van der Waals surface area contributed by atoms with Gasteiger partial charge < -0.3 is 21.3 Å². The number of nitrogens with one attached hydrogen (secondary N) is 2. The molecule has 2 aromatic rings. The number of aromatic carboxylic acids is 1. The number of alkyl halides is 3. The Kier molecular flexibility index (Phi) is 7.34. The van der Waals surface area contributed by atoms with Crippen molar-refractivity contribution >= 4 is 23.5 Å². The molecule has 0 saturated carbocycles. The number of nitrogen functional groups attached to an aromatic ring is 1. The molecule has 0 amide bonds. The van der Waals surface area contributed by atoms with Crippen molar-refractivity contribution in [2.24, 2.45) is 5.73 Å². The van der Waals surface area contributed by atoms with Crippen LogP contribution in [0.2, 0.25) is 0 Å². The average molecular weight is 383 g/mol. The van der Waals surface area contributed by atoms with Gasteiger partial charge in [0, 0.05) is 17.8 Å². The van der Waals surface area contributed by atoms with Gasteiger partial charge in [0.2, 0.25) is 0 Å². The third-order valence-corrected chi connectivity index (χ3v) is 3.11. The summed E-state index contributed by atoms with van der Waals surface area (Å²) in [6, 6.07) is 14.0. The van der Waals surface area contributed by atoms with Gasteiger partial charge in [0.1, 0.15) is 5.84 Å². The predicted molar refractivity (Wildman–Crippen MR) is 91.9 cm³/mol.